The number of carbonyl (C=O) groups excluding carboxylic acids is 3. The first-order valence-corrected chi connectivity index (χ1v) is 12.7. The van der Waals surface area contributed by atoms with E-state index in [-0.39, 0.29) is 28.5 Å². The lowest BCUT2D eigenvalue weighted by molar-refractivity contribution is -0.113. The Hall–Kier alpha value is -3.83. The molecule has 1 atom stereocenters. The number of benzene rings is 2. The minimum Gasteiger partial charge on any atom is -0.483 e. The fourth-order valence-electron chi connectivity index (χ4n) is 3.45. The number of carbonyl (C=O) groups is 3. The average Bonchev–Trinajstić information content (AvgIpc) is 3.31. The number of aromatic nitrogens is 3. The van der Waals surface area contributed by atoms with E-state index in [1.165, 1.54) is 44.2 Å². The van der Waals surface area contributed by atoms with Gasteiger partial charge in [-0.2, -0.15) is 0 Å². The molecule has 0 aliphatic carbocycles. The van der Waals surface area contributed by atoms with Crippen molar-refractivity contribution in [2.45, 2.75) is 31.7 Å². The van der Waals surface area contributed by atoms with Gasteiger partial charge >= 0.3 is 11.9 Å². The van der Waals surface area contributed by atoms with Gasteiger partial charge in [0.05, 0.1) is 31.1 Å². The molecule has 0 aliphatic heterocycles. The fraction of sp³-hybridized carbons (Fsp3) is 0.269. The van der Waals surface area contributed by atoms with Gasteiger partial charge in [-0.1, -0.05) is 29.4 Å². The van der Waals surface area contributed by atoms with E-state index in [9.17, 15) is 14.4 Å². The molecule has 0 saturated heterocycles. The van der Waals surface area contributed by atoms with Gasteiger partial charge in [-0.3, -0.25) is 9.36 Å². The van der Waals surface area contributed by atoms with Crippen LogP contribution < -0.4 is 10.1 Å². The zero-order valence-corrected chi connectivity index (χ0v) is 22.9. The summed E-state index contributed by atoms with van der Waals surface area (Å²) < 4.78 is 17.3. The lowest BCUT2D eigenvalue weighted by atomic mass is 10.1. The fourth-order valence-corrected chi connectivity index (χ4v) is 4.33. The minimum atomic E-state index is -0.657. The molecule has 3 aromatic rings. The van der Waals surface area contributed by atoms with Gasteiger partial charge in [0.1, 0.15) is 5.75 Å². The summed E-state index contributed by atoms with van der Waals surface area (Å²) in [7, 11) is 2.44. The summed E-state index contributed by atoms with van der Waals surface area (Å²) in [5.41, 5.74) is 1.33. The molecular formula is C26H27ClN4O6S. The third-order valence-corrected chi connectivity index (χ3v) is 6.65. The third-order valence-electron chi connectivity index (χ3n) is 5.25. The van der Waals surface area contributed by atoms with Crippen LogP contribution in [0.3, 0.4) is 0 Å². The van der Waals surface area contributed by atoms with Crippen LogP contribution in [0.25, 0.3) is 0 Å². The molecule has 200 valence electrons. The smallest absolute Gasteiger partial charge is 0.337 e. The Morgan fingerprint density at radius 3 is 2.34 bits per heavy atom. The van der Waals surface area contributed by atoms with Gasteiger partial charge in [0.15, 0.2) is 17.1 Å². The van der Waals surface area contributed by atoms with Crippen molar-refractivity contribution < 1.29 is 28.6 Å². The molecule has 38 heavy (non-hydrogen) atoms. The molecule has 0 spiro atoms. The molecule has 0 radical (unpaired) electrons. The Morgan fingerprint density at radius 1 is 1.11 bits per heavy atom. The van der Waals surface area contributed by atoms with Gasteiger partial charge in [-0.15, -0.1) is 16.8 Å². The maximum Gasteiger partial charge on any atom is 0.337 e. The van der Waals surface area contributed by atoms with Crippen molar-refractivity contribution in [3.63, 3.8) is 0 Å². The molecule has 0 fully saturated rings. The highest BCUT2D eigenvalue weighted by Crippen LogP contribution is 2.27. The highest BCUT2D eigenvalue weighted by atomic mass is 35.5. The average molecular weight is 559 g/mol. The van der Waals surface area contributed by atoms with Crippen LogP contribution in [-0.2, 0) is 20.8 Å². The van der Waals surface area contributed by atoms with Crippen molar-refractivity contribution in [3.05, 3.63) is 76.6 Å². The zero-order chi connectivity index (χ0) is 27.8. The van der Waals surface area contributed by atoms with E-state index in [1.54, 1.807) is 18.2 Å². The van der Waals surface area contributed by atoms with E-state index in [0.29, 0.717) is 28.3 Å². The van der Waals surface area contributed by atoms with Crippen LogP contribution in [0.4, 0.5) is 5.69 Å². The number of halogens is 1. The number of anilines is 1. The molecule has 3 rings (SSSR count). The Kier molecular flexibility index (Phi) is 9.91. The van der Waals surface area contributed by atoms with E-state index in [1.807, 2.05) is 24.5 Å². The van der Waals surface area contributed by atoms with Crippen LogP contribution in [0.1, 0.15) is 45.1 Å². The van der Waals surface area contributed by atoms with Crippen molar-refractivity contribution in [1.82, 2.24) is 14.8 Å². The summed E-state index contributed by atoms with van der Waals surface area (Å²) in [4.78, 5) is 36.7. The van der Waals surface area contributed by atoms with Crippen molar-refractivity contribution in [3.8, 4) is 5.75 Å². The predicted molar refractivity (Wildman–Crippen MR) is 144 cm³/mol. The Balaban J connectivity index is 1.73. The number of aryl methyl sites for hydroxylation is 1. The molecule has 1 aromatic heterocycles. The van der Waals surface area contributed by atoms with Crippen LogP contribution >= 0.6 is 23.4 Å². The Bertz CT molecular complexity index is 1330. The number of nitrogens with one attached hydrogen (secondary N) is 1. The van der Waals surface area contributed by atoms with Gasteiger partial charge < -0.3 is 19.5 Å². The number of hydrogen-bond acceptors (Lipinski definition) is 9. The van der Waals surface area contributed by atoms with Crippen molar-refractivity contribution in [1.29, 1.82) is 0 Å². The van der Waals surface area contributed by atoms with Crippen molar-refractivity contribution in [2.24, 2.45) is 0 Å². The lowest BCUT2D eigenvalue weighted by Gasteiger charge is -2.16. The summed E-state index contributed by atoms with van der Waals surface area (Å²) in [6.45, 7) is 7.94. The Morgan fingerprint density at radius 2 is 1.76 bits per heavy atom. The molecule has 0 aliphatic rings. The monoisotopic (exact) mass is 558 g/mol. The van der Waals surface area contributed by atoms with Gasteiger partial charge in [0.25, 0.3) is 0 Å². The molecular weight excluding hydrogens is 532 g/mol. The number of rotatable bonds is 11. The number of nitrogens with zero attached hydrogens (tertiary/aromatic N) is 3. The maximum absolute atomic E-state index is 12.7. The number of ether oxygens (including phenoxy) is 3. The summed E-state index contributed by atoms with van der Waals surface area (Å²) in [5, 5.41) is 12.3. The van der Waals surface area contributed by atoms with Crippen LogP contribution in [0.5, 0.6) is 5.75 Å². The first-order valence-electron chi connectivity index (χ1n) is 11.4. The highest BCUT2D eigenvalue weighted by Gasteiger charge is 2.21. The van der Waals surface area contributed by atoms with E-state index in [2.05, 4.69) is 22.1 Å². The third kappa shape index (κ3) is 7.14. The number of hydrogen-bond donors (Lipinski definition) is 1. The Labute approximate surface area is 229 Å². The number of esters is 2. The van der Waals surface area contributed by atoms with Crippen LogP contribution in [0.15, 0.2) is 54.2 Å². The molecule has 1 amide bonds. The van der Waals surface area contributed by atoms with Crippen molar-refractivity contribution in [2.75, 3.05) is 25.3 Å². The topological polar surface area (TPSA) is 122 Å². The summed E-state index contributed by atoms with van der Waals surface area (Å²) >= 11 is 7.27. The van der Waals surface area contributed by atoms with Crippen molar-refractivity contribution >= 4 is 46.9 Å². The summed E-state index contributed by atoms with van der Waals surface area (Å²) in [6, 6.07) is 9.54. The quantitative estimate of drug-likeness (QED) is 0.199. The normalized spacial score (nSPS) is 11.4. The second kappa shape index (κ2) is 13.1. The summed E-state index contributed by atoms with van der Waals surface area (Å²) in [5.74, 6) is -0.512. The van der Waals surface area contributed by atoms with E-state index < -0.39 is 18.0 Å². The van der Waals surface area contributed by atoms with Crippen LogP contribution in [0.2, 0.25) is 5.02 Å². The second-order valence-corrected chi connectivity index (χ2v) is 9.38. The molecule has 10 nitrogen and oxygen atoms in total. The molecule has 2 aromatic carbocycles. The standard InChI is InChI=1S/C26H27ClN4O6S/c1-6-9-31-23(16(3)37-20-7-8-21(27)15(2)10-20)29-30-26(31)38-14-22(32)28-19-12-17(24(33)35-4)11-18(13-19)25(34)36-5/h6-8,10-13,16H,1,9,14H2,2-5H3,(H,28,32). The van der Waals surface area contributed by atoms with E-state index >= 15 is 0 Å². The molecule has 1 heterocycles. The number of thioether (sulfide) groups is 1. The largest absolute Gasteiger partial charge is 0.483 e. The number of methoxy groups -OCH3 is 2. The SMILES string of the molecule is C=CCn1c(SCC(=O)Nc2cc(C(=O)OC)cc(C(=O)OC)c2)nnc1C(C)Oc1ccc(Cl)c(C)c1. The maximum atomic E-state index is 12.7. The van der Waals surface area contributed by atoms with E-state index in [4.69, 9.17) is 25.8 Å². The van der Waals surface area contributed by atoms with Gasteiger partial charge in [0, 0.05) is 17.3 Å². The van der Waals surface area contributed by atoms with Gasteiger partial charge in [-0.05, 0) is 55.8 Å². The van der Waals surface area contributed by atoms with E-state index in [0.717, 1.165) is 5.56 Å². The molecule has 1 unspecified atom stereocenters. The summed E-state index contributed by atoms with van der Waals surface area (Å²) in [6.07, 6.45) is 1.26. The molecule has 1 N–H and O–H groups in total. The second-order valence-electron chi connectivity index (χ2n) is 8.03. The number of amides is 1. The highest BCUT2D eigenvalue weighted by molar-refractivity contribution is 7.99. The molecule has 12 heteroatoms. The first kappa shape index (κ1) is 28.7. The molecule has 0 saturated carbocycles. The van der Waals surface area contributed by atoms with Gasteiger partial charge in [-0.25, -0.2) is 9.59 Å². The zero-order valence-electron chi connectivity index (χ0n) is 21.3. The molecule has 0 bridgehead atoms. The van der Waals surface area contributed by atoms with Crippen LogP contribution in [-0.4, -0.2) is 52.6 Å². The van der Waals surface area contributed by atoms with Crippen LogP contribution in [0, 0.1) is 6.92 Å². The minimum absolute atomic E-state index is 0.0170. The number of allylic oxidation sites excluding steroid dienone is 1. The first-order chi connectivity index (χ1) is 18.2. The predicted octanol–water partition coefficient (Wildman–Crippen LogP) is 4.87. The van der Waals surface area contributed by atoms with Gasteiger partial charge in [0.2, 0.25) is 5.91 Å². The lowest BCUT2D eigenvalue weighted by Crippen LogP contribution is -2.17.